The number of hydrogen-bond donors (Lipinski definition) is 2. The molecule has 0 atom stereocenters. The lowest BCUT2D eigenvalue weighted by atomic mass is 10.1. The van der Waals surface area contributed by atoms with E-state index < -0.39 is 11.8 Å². The van der Waals surface area contributed by atoms with E-state index in [1.165, 1.54) is 6.07 Å². The van der Waals surface area contributed by atoms with Gasteiger partial charge in [-0.25, -0.2) is 4.39 Å². The van der Waals surface area contributed by atoms with Gasteiger partial charge in [0.25, 0.3) is 0 Å². The Morgan fingerprint density at radius 1 is 1.10 bits per heavy atom. The molecule has 0 bridgehead atoms. The second kappa shape index (κ2) is 9.07. The van der Waals surface area contributed by atoms with Crippen LogP contribution < -0.4 is 10.6 Å². The first-order chi connectivity index (χ1) is 10.0. The van der Waals surface area contributed by atoms with Crippen molar-refractivity contribution in [3.05, 3.63) is 35.6 Å². The van der Waals surface area contributed by atoms with E-state index in [2.05, 4.69) is 10.6 Å². The van der Waals surface area contributed by atoms with Crippen molar-refractivity contribution in [3.8, 4) is 0 Å². The zero-order chi connectivity index (χ0) is 15.7. The van der Waals surface area contributed by atoms with Crippen LogP contribution in [0.3, 0.4) is 0 Å². The number of benzene rings is 1. The second-order valence-corrected chi connectivity index (χ2v) is 5.01. The van der Waals surface area contributed by atoms with Crippen LogP contribution in [0, 0.1) is 5.82 Å². The monoisotopic (exact) mass is 295 g/mol. The molecule has 0 aliphatic carbocycles. The zero-order valence-corrected chi connectivity index (χ0v) is 12.5. The van der Waals surface area contributed by atoms with Crippen LogP contribution in [0.1, 0.15) is 12.0 Å². The number of rotatable bonds is 7. The minimum atomic E-state index is -0.684. The molecule has 0 fully saturated rings. The third kappa shape index (κ3) is 6.85. The third-order valence-electron chi connectivity index (χ3n) is 2.91. The van der Waals surface area contributed by atoms with Crippen molar-refractivity contribution < 1.29 is 14.0 Å². The highest BCUT2D eigenvalue weighted by Gasteiger charge is 2.12. The van der Waals surface area contributed by atoms with Gasteiger partial charge in [0.1, 0.15) is 5.82 Å². The molecule has 0 spiro atoms. The molecule has 5 nitrogen and oxygen atoms in total. The summed E-state index contributed by atoms with van der Waals surface area (Å²) in [7, 11) is 3.88. The van der Waals surface area contributed by atoms with Crippen LogP contribution in [0.4, 0.5) is 4.39 Å². The Bertz CT molecular complexity index is 478. The van der Waals surface area contributed by atoms with Crippen LogP contribution in [-0.4, -0.2) is 50.4 Å². The van der Waals surface area contributed by atoms with Crippen molar-refractivity contribution >= 4 is 11.8 Å². The maximum atomic E-state index is 13.3. The van der Waals surface area contributed by atoms with Crippen LogP contribution in [-0.2, 0) is 16.0 Å². The lowest BCUT2D eigenvalue weighted by Crippen LogP contribution is -2.41. The van der Waals surface area contributed by atoms with Crippen molar-refractivity contribution in [1.29, 1.82) is 0 Å². The molecule has 0 aromatic heterocycles. The predicted molar refractivity (Wildman–Crippen MR) is 79.3 cm³/mol. The summed E-state index contributed by atoms with van der Waals surface area (Å²) in [5.74, 6) is -1.64. The van der Waals surface area contributed by atoms with Gasteiger partial charge >= 0.3 is 11.8 Å². The van der Waals surface area contributed by atoms with E-state index in [1.54, 1.807) is 18.2 Å². The zero-order valence-electron chi connectivity index (χ0n) is 12.5. The van der Waals surface area contributed by atoms with E-state index >= 15 is 0 Å². The average molecular weight is 295 g/mol. The van der Waals surface area contributed by atoms with Crippen LogP contribution in [0.15, 0.2) is 24.3 Å². The number of amides is 2. The molecule has 2 amide bonds. The number of nitrogens with one attached hydrogen (secondary N) is 2. The summed E-state index contributed by atoms with van der Waals surface area (Å²) >= 11 is 0. The number of nitrogens with zero attached hydrogens (tertiary/aromatic N) is 1. The highest BCUT2D eigenvalue weighted by atomic mass is 19.1. The number of halogens is 1. The predicted octanol–water partition coefficient (Wildman–Crippen LogP) is 0.552. The first-order valence-electron chi connectivity index (χ1n) is 6.95. The number of carbonyl (C=O) groups excluding carboxylic acids is 2. The van der Waals surface area contributed by atoms with Gasteiger partial charge in [-0.15, -0.1) is 0 Å². The molecule has 21 heavy (non-hydrogen) atoms. The van der Waals surface area contributed by atoms with Gasteiger partial charge in [0.05, 0.1) is 0 Å². The van der Waals surface area contributed by atoms with Crippen molar-refractivity contribution in [2.75, 3.05) is 33.7 Å². The van der Waals surface area contributed by atoms with Gasteiger partial charge in [-0.2, -0.15) is 0 Å². The first kappa shape index (κ1) is 17.1. The molecule has 1 aromatic rings. The van der Waals surface area contributed by atoms with Gasteiger partial charge in [-0.05, 0) is 45.1 Å². The van der Waals surface area contributed by atoms with Gasteiger partial charge < -0.3 is 15.5 Å². The van der Waals surface area contributed by atoms with Crippen LogP contribution in [0.25, 0.3) is 0 Å². The van der Waals surface area contributed by atoms with Crippen molar-refractivity contribution in [2.45, 2.75) is 12.8 Å². The Hall–Kier alpha value is -1.95. The van der Waals surface area contributed by atoms with E-state index in [1.807, 2.05) is 19.0 Å². The Labute approximate surface area is 124 Å². The van der Waals surface area contributed by atoms with Gasteiger partial charge in [0.2, 0.25) is 0 Å². The van der Waals surface area contributed by atoms with Crippen LogP contribution >= 0.6 is 0 Å². The van der Waals surface area contributed by atoms with Gasteiger partial charge in [-0.3, -0.25) is 9.59 Å². The smallest absolute Gasteiger partial charge is 0.309 e. The molecule has 0 aliphatic rings. The summed E-state index contributed by atoms with van der Waals surface area (Å²) in [5.41, 5.74) is 0.518. The van der Waals surface area contributed by atoms with E-state index in [0.29, 0.717) is 18.5 Å². The van der Waals surface area contributed by atoms with Crippen molar-refractivity contribution in [1.82, 2.24) is 15.5 Å². The SMILES string of the molecule is CN(C)CCCNC(=O)C(=O)NCCc1ccccc1F. The van der Waals surface area contributed by atoms with Crippen LogP contribution in [0.2, 0.25) is 0 Å². The van der Waals surface area contributed by atoms with Gasteiger partial charge in [-0.1, -0.05) is 18.2 Å². The molecule has 6 heteroatoms. The molecule has 0 aliphatic heterocycles. The summed E-state index contributed by atoms with van der Waals surface area (Å²) in [5, 5.41) is 5.03. The van der Waals surface area contributed by atoms with E-state index in [-0.39, 0.29) is 12.4 Å². The fraction of sp³-hybridized carbons (Fsp3) is 0.467. The Morgan fingerprint density at radius 3 is 2.33 bits per heavy atom. The molecule has 2 N–H and O–H groups in total. The fourth-order valence-corrected chi connectivity index (χ4v) is 1.77. The first-order valence-corrected chi connectivity index (χ1v) is 6.95. The second-order valence-electron chi connectivity index (χ2n) is 5.01. The molecule has 1 aromatic carbocycles. The van der Waals surface area contributed by atoms with Crippen molar-refractivity contribution in [3.63, 3.8) is 0 Å². The largest absolute Gasteiger partial charge is 0.348 e. The normalized spacial score (nSPS) is 10.5. The fourth-order valence-electron chi connectivity index (χ4n) is 1.77. The van der Waals surface area contributed by atoms with Crippen LogP contribution in [0.5, 0.6) is 0 Å². The minimum absolute atomic E-state index is 0.227. The quantitative estimate of drug-likeness (QED) is 0.570. The summed E-state index contributed by atoms with van der Waals surface area (Å²) in [6.07, 6.45) is 1.13. The van der Waals surface area contributed by atoms with Crippen molar-refractivity contribution in [2.24, 2.45) is 0 Å². The Balaban J connectivity index is 2.21. The molecule has 0 unspecified atom stereocenters. The average Bonchev–Trinajstić information content (AvgIpc) is 2.45. The Morgan fingerprint density at radius 2 is 1.71 bits per heavy atom. The molecule has 0 saturated carbocycles. The minimum Gasteiger partial charge on any atom is -0.348 e. The number of hydrogen-bond acceptors (Lipinski definition) is 3. The molecule has 0 saturated heterocycles. The highest BCUT2D eigenvalue weighted by Crippen LogP contribution is 2.05. The van der Waals surface area contributed by atoms with Gasteiger partial charge in [0, 0.05) is 13.1 Å². The third-order valence-corrected chi connectivity index (χ3v) is 2.91. The lowest BCUT2D eigenvalue weighted by molar-refractivity contribution is -0.139. The molecule has 0 heterocycles. The number of carbonyl (C=O) groups is 2. The summed E-state index contributed by atoms with van der Waals surface area (Å²) in [4.78, 5) is 25.0. The Kier molecular flexibility index (Phi) is 7.39. The van der Waals surface area contributed by atoms with Gasteiger partial charge in [0.15, 0.2) is 0 Å². The maximum absolute atomic E-state index is 13.3. The highest BCUT2D eigenvalue weighted by molar-refractivity contribution is 6.35. The lowest BCUT2D eigenvalue weighted by Gasteiger charge is -2.10. The molecule has 116 valence electrons. The summed E-state index contributed by atoms with van der Waals surface area (Å²) in [6, 6.07) is 6.37. The standard InChI is InChI=1S/C15H22FN3O2/c1-19(2)11-5-9-17-14(20)15(21)18-10-8-12-6-3-4-7-13(12)16/h3-4,6-7H,5,8-11H2,1-2H3,(H,17,20)(H,18,21). The topological polar surface area (TPSA) is 61.4 Å². The molecule has 1 rings (SSSR count). The summed E-state index contributed by atoms with van der Waals surface area (Å²) < 4.78 is 13.3. The molecular weight excluding hydrogens is 273 g/mol. The van der Waals surface area contributed by atoms with E-state index in [9.17, 15) is 14.0 Å². The molecule has 0 radical (unpaired) electrons. The van der Waals surface area contributed by atoms with E-state index in [0.717, 1.165) is 13.0 Å². The molecular formula is C15H22FN3O2. The van der Waals surface area contributed by atoms with E-state index in [4.69, 9.17) is 0 Å². The summed E-state index contributed by atoms with van der Waals surface area (Å²) in [6.45, 7) is 1.53. The maximum Gasteiger partial charge on any atom is 0.309 e.